The number of amides is 1. The molecule has 0 unspecified atom stereocenters. The van der Waals surface area contributed by atoms with Gasteiger partial charge in [-0.2, -0.15) is 0 Å². The molecule has 1 aliphatic heterocycles. The summed E-state index contributed by atoms with van der Waals surface area (Å²) in [4.78, 5) is 10.8. The quantitative estimate of drug-likeness (QED) is 0.536. The Hall–Kier alpha value is -1.05. The van der Waals surface area contributed by atoms with Crippen LogP contribution in [-0.2, 0) is 4.79 Å². The highest BCUT2D eigenvalue weighted by atomic mass is 16.1. The number of hydrogen-bond acceptors (Lipinski definition) is 1. The molecule has 0 atom stereocenters. The molecular formula is C8H11NO. The van der Waals surface area contributed by atoms with Crippen LogP contribution in [0, 0.1) is 0 Å². The molecule has 1 rings (SSSR count). The highest BCUT2D eigenvalue weighted by Crippen LogP contribution is 1.98. The standard InChI is InChI=1S/C8H11NO/c10-8-6-4-2-1-3-5-7-9-8/h1,3,5,7H,2,4,6H2,(H,9,10)/b3-1-,7-5-. The Labute approximate surface area is 60.6 Å². The van der Waals surface area contributed by atoms with Gasteiger partial charge in [0, 0.05) is 12.6 Å². The number of hydrogen-bond donors (Lipinski definition) is 1. The van der Waals surface area contributed by atoms with E-state index < -0.39 is 0 Å². The monoisotopic (exact) mass is 137 g/mol. The lowest BCUT2D eigenvalue weighted by Crippen LogP contribution is -2.15. The van der Waals surface area contributed by atoms with Gasteiger partial charge >= 0.3 is 0 Å². The predicted molar refractivity (Wildman–Crippen MR) is 40.3 cm³/mol. The fourth-order valence-corrected chi connectivity index (χ4v) is 0.824. The van der Waals surface area contributed by atoms with Crippen molar-refractivity contribution in [3.63, 3.8) is 0 Å². The van der Waals surface area contributed by atoms with E-state index in [1.165, 1.54) is 0 Å². The van der Waals surface area contributed by atoms with Crippen LogP contribution >= 0.6 is 0 Å². The van der Waals surface area contributed by atoms with Crippen molar-refractivity contribution in [3.05, 3.63) is 24.4 Å². The van der Waals surface area contributed by atoms with Gasteiger partial charge in [0.15, 0.2) is 0 Å². The largest absolute Gasteiger partial charge is 0.333 e. The van der Waals surface area contributed by atoms with Crippen molar-refractivity contribution in [3.8, 4) is 0 Å². The molecular weight excluding hydrogens is 126 g/mol. The average molecular weight is 137 g/mol. The zero-order valence-electron chi connectivity index (χ0n) is 5.84. The Morgan fingerprint density at radius 1 is 1.40 bits per heavy atom. The lowest BCUT2D eigenvalue weighted by atomic mass is 10.2. The third kappa shape index (κ3) is 2.49. The van der Waals surface area contributed by atoms with Crippen LogP contribution < -0.4 is 5.32 Å². The second kappa shape index (κ2) is 3.88. The van der Waals surface area contributed by atoms with Crippen molar-refractivity contribution in [1.82, 2.24) is 5.32 Å². The molecule has 0 aromatic rings. The molecule has 0 saturated heterocycles. The van der Waals surface area contributed by atoms with Gasteiger partial charge in [-0.1, -0.05) is 12.2 Å². The molecule has 1 aliphatic rings. The zero-order valence-corrected chi connectivity index (χ0v) is 5.84. The molecule has 0 bridgehead atoms. The summed E-state index contributed by atoms with van der Waals surface area (Å²) in [6, 6.07) is 0. The summed E-state index contributed by atoms with van der Waals surface area (Å²) < 4.78 is 0. The molecule has 54 valence electrons. The van der Waals surface area contributed by atoms with Gasteiger partial charge in [0.2, 0.25) is 5.91 Å². The van der Waals surface area contributed by atoms with Gasteiger partial charge in [0.1, 0.15) is 0 Å². The Bertz CT molecular complexity index is 170. The van der Waals surface area contributed by atoms with Crippen molar-refractivity contribution in [2.75, 3.05) is 0 Å². The summed E-state index contributed by atoms with van der Waals surface area (Å²) in [6.45, 7) is 0. The molecule has 0 fully saturated rings. The number of rotatable bonds is 0. The topological polar surface area (TPSA) is 29.1 Å². The smallest absolute Gasteiger partial charge is 0.223 e. The molecule has 1 amide bonds. The van der Waals surface area contributed by atoms with Gasteiger partial charge in [-0.15, -0.1) is 0 Å². The van der Waals surface area contributed by atoms with E-state index in [-0.39, 0.29) is 5.91 Å². The average Bonchev–Trinajstić information content (AvgIpc) is 2.02. The summed E-state index contributed by atoms with van der Waals surface area (Å²) >= 11 is 0. The third-order valence-corrected chi connectivity index (χ3v) is 1.36. The summed E-state index contributed by atoms with van der Waals surface area (Å²) in [5.41, 5.74) is 0. The molecule has 0 aromatic heterocycles. The van der Waals surface area contributed by atoms with Gasteiger partial charge in [-0.3, -0.25) is 4.79 Å². The molecule has 10 heavy (non-hydrogen) atoms. The van der Waals surface area contributed by atoms with Crippen LogP contribution in [0.5, 0.6) is 0 Å². The molecule has 2 nitrogen and oxygen atoms in total. The number of carbonyl (C=O) groups is 1. The number of nitrogens with one attached hydrogen (secondary N) is 1. The molecule has 1 N–H and O–H groups in total. The van der Waals surface area contributed by atoms with Gasteiger partial charge in [0.05, 0.1) is 0 Å². The van der Waals surface area contributed by atoms with Gasteiger partial charge in [-0.25, -0.2) is 0 Å². The van der Waals surface area contributed by atoms with Crippen LogP contribution in [0.3, 0.4) is 0 Å². The van der Waals surface area contributed by atoms with Crippen molar-refractivity contribution >= 4 is 5.91 Å². The molecule has 0 aromatic carbocycles. The minimum absolute atomic E-state index is 0.111. The maximum Gasteiger partial charge on any atom is 0.223 e. The van der Waals surface area contributed by atoms with E-state index in [9.17, 15) is 4.79 Å². The Balaban J connectivity index is 2.44. The predicted octanol–water partition coefficient (Wildman–Crippen LogP) is 1.36. The van der Waals surface area contributed by atoms with Crippen LogP contribution in [0.25, 0.3) is 0 Å². The van der Waals surface area contributed by atoms with Crippen molar-refractivity contribution < 1.29 is 4.79 Å². The Kier molecular flexibility index (Phi) is 2.74. The first-order valence-electron chi connectivity index (χ1n) is 3.50. The number of allylic oxidation sites excluding steroid dienone is 3. The van der Waals surface area contributed by atoms with Crippen LogP contribution in [0.2, 0.25) is 0 Å². The lowest BCUT2D eigenvalue weighted by molar-refractivity contribution is -0.120. The van der Waals surface area contributed by atoms with E-state index >= 15 is 0 Å². The SMILES string of the molecule is O=C1CCC/C=C\C=C/N1. The first kappa shape index (κ1) is 7.06. The normalized spacial score (nSPS) is 25.4. The van der Waals surface area contributed by atoms with Gasteiger partial charge in [0.25, 0.3) is 0 Å². The Morgan fingerprint density at radius 2 is 2.30 bits per heavy atom. The lowest BCUT2D eigenvalue weighted by Gasteiger charge is -1.94. The van der Waals surface area contributed by atoms with Crippen LogP contribution in [0.15, 0.2) is 24.4 Å². The second-order valence-corrected chi connectivity index (χ2v) is 2.25. The van der Waals surface area contributed by atoms with Crippen LogP contribution in [-0.4, -0.2) is 5.91 Å². The van der Waals surface area contributed by atoms with Crippen molar-refractivity contribution in [2.45, 2.75) is 19.3 Å². The van der Waals surface area contributed by atoms with E-state index in [1.807, 2.05) is 12.2 Å². The molecule has 0 saturated carbocycles. The van der Waals surface area contributed by atoms with Crippen molar-refractivity contribution in [2.24, 2.45) is 0 Å². The van der Waals surface area contributed by atoms with Crippen molar-refractivity contribution in [1.29, 1.82) is 0 Å². The summed E-state index contributed by atoms with van der Waals surface area (Å²) in [7, 11) is 0. The number of carbonyl (C=O) groups excluding carboxylic acids is 1. The first-order chi connectivity index (χ1) is 4.89. The minimum Gasteiger partial charge on any atom is -0.333 e. The maximum atomic E-state index is 10.8. The molecule has 0 aliphatic carbocycles. The van der Waals surface area contributed by atoms with Gasteiger partial charge < -0.3 is 5.32 Å². The molecule has 0 radical (unpaired) electrons. The Morgan fingerprint density at radius 3 is 3.20 bits per heavy atom. The van der Waals surface area contributed by atoms with Crippen LogP contribution in [0.4, 0.5) is 0 Å². The minimum atomic E-state index is 0.111. The first-order valence-corrected chi connectivity index (χ1v) is 3.50. The summed E-state index contributed by atoms with van der Waals surface area (Å²) in [5, 5.41) is 2.65. The molecule has 1 heterocycles. The van der Waals surface area contributed by atoms with E-state index in [0.717, 1.165) is 12.8 Å². The van der Waals surface area contributed by atoms with Gasteiger partial charge in [-0.05, 0) is 18.9 Å². The fourth-order valence-electron chi connectivity index (χ4n) is 0.824. The summed E-state index contributed by atoms with van der Waals surface area (Å²) in [6.07, 6.45) is 10.1. The van der Waals surface area contributed by atoms with E-state index in [0.29, 0.717) is 6.42 Å². The zero-order chi connectivity index (χ0) is 7.23. The van der Waals surface area contributed by atoms with Crippen LogP contribution in [0.1, 0.15) is 19.3 Å². The fraction of sp³-hybridized carbons (Fsp3) is 0.375. The highest BCUT2D eigenvalue weighted by Gasteiger charge is 1.96. The van der Waals surface area contributed by atoms with E-state index in [2.05, 4.69) is 11.4 Å². The van der Waals surface area contributed by atoms with E-state index in [1.54, 1.807) is 6.20 Å². The molecule has 2 heteroatoms. The third-order valence-electron chi connectivity index (χ3n) is 1.36. The second-order valence-electron chi connectivity index (χ2n) is 2.25. The maximum absolute atomic E-state index is 10.8. The highest BCUT2D eigenvalue weighted by molar-refractivity contribution is 5.76. The van der Waals surface area contributed by atoms with E-state index in [4.69, 9.17) is 0 Å². The summed E-state index contributed by atoms with van der Waals surface area (Å²) in [5.74, 6) is 0.111. The molecule has 0 spiro atoms.